The Morgan fingerprint density at radius 1 is 1.50 bits per heavy atom. The van der Waals surface area contributed by atoms with E-state index in [1.807, 2.05) is 0 Å². The SMILES string of the molecule is NCCC(OCC1CCCC1)C(=O)O. The average molecular weight is 201 g/mol. The lowest BCUT2D eigenvalue weighted by molar-refractivity contribution is -0.151. The summed E-state index contributed by atoms with van der Waals surface area (Å²) in [6.07, 6.45) is 4.55. The Morgan fingerprint density at radius 2 is 2.14 bits per heavy atom. The van der Waals surface area contributed by atoms with Crippen LogP contribution in [0.2, 0.25) is 0 Å². The summed E-state index contributed by atoms with van der Waals surface area (Å²) < 4.78 is 5.35. The van der Waals surface area contributed by atoms with Crippen LogP contribution in [-0.2, 0) is 9.53 Å². The van der Waals surface area contributed by atoms with E-state index in [4.69, 9.17) is 15.6 Å². The molecular formula is C10H19NO3. The monoisotopic (exact) mass is 201 g/mol. The highest BCUT2D eigenvalue weighted by Gasteiger charge is 2.21. The van der Waals surface area contributed by atoms with Gasteiger partial charge in [0.25, 0.3) is 0 Å². The maximum atomic E-state index is 10.7. The van der Waals surface area contributed by atoms with Crippen LogP contribution in [0, 0.1) is 5.92 Å². The van der Waals surface area contributed by atoms with E-state index in [-0.39, 0.29) is 0 Å². The molecule has 82 valence electrons. The van der Waals surface area contributed by atoms with Gasteiger partial charge in [0, 0.05) is 0 Å². The van der Waals surface area contributed by atoms with Crippen LogP contribution >= 0.6 is 0 Å². The van der Waals surface area contributed by atoms with Crippen molar-refractivity contribution in [3.8, 4) is 0 Å². The Labute approximate surface area is 84.4 Å². The summed E-state index contributed by atoms with van der Waals surface area (Å²) in [5, 5.41) is 8.80. The van der Waals surface area contributed by atoms with Crippen molar-refractivity contribution in [1.29, 1.82) is 0 Å². The first-order valence-corrected chi connectivity index (χ1v) is 5.28. The molecule has 0 bridgehead atoms. The van der Waals surface area contributed by atoms with E-state index in [0.29, 0.717) is 25.5 Å². The fourth-order valence-electron chi connectivity index (χ4n) is 1.86. The second kappa shape index (κ2) is 5.98. The zero-order chi connectivity index (χ0) is 10.4. The van der Waals surface area contributed by atoms with Gasteiger partial charge in [-0.2, -0.15) is 0 Å². The third kappa shape index (κ3) is 3.64. The number of rotatable bonds is 6. The molecule has 0 saturated heterocycles. The van der Waals surface area contributed by atoms with Gasteiger partial charge in [-0.05, 0) is 31.7 Å². The second-order valence-electron chi connectivity index (χ2n) is 3.89. The molecule has 0 aromatic heterocycles. The van der Waals surface area contributed by atoms with E-state index in [1.54, 1.807) is 0 Å². The lowest BCUT2D eigenvalue weighted by Crippen LogP contribution is -2.28. The molecule has 1 unspecified atom stereocenters. The highest BCUT2D eigenvalue weighted by atomic mass is 16.5. The first-order valence-electron chi connectivity index (χ1n) is 5.28. The summed E-state index contributed by atoms with van der Waals surface area (Å²) in [7, 11) is 0. The summed E-state index contributed by atoms with van der Waals surface area (Å²) >= 11 is 0. The van der Waals surface area contributed by atoms with Crippen LogP contribution < -0.4 is 5.73 Å². The number of carboxylic acid groups (broad SMARTS) is 1. The van der Waals surface area contributed by atoms with Crippen molar-refractivity contribution in [2.24, 2.45) is 11.7 Å². The van der Waals surface area contributed by atoms with Crippen molar-refractivity contribution < 1.29 is 14.6 Å². The Balaban J connectivity index is 2.21. The highest BCUT2D eigenvalue weighted by Crippen LogP contribution is 2.25. The molecule has 0 heterocycles. The normalized spacial score (nSPS) is 19.8. The number of aliphatic carboxylic acids is 1. The van der Waals surface area contributed by atoms with Crippen molar-refractivity contribution in [3.63, 3.8) is 0 Å². The van der Waals surface area contributed by atoms with E-state index in [0.717, 1.165) is 0 Å². The molecular weight excluding hydrogens is 182 g/mol. The van der Waals surface area contributed by atoms with Crippen molar-refractivity contribution in [2.75, 3.05) is 13.2 Å². The molecule has 1 saturated carbocycles. The van der Waals surface area contributed by atoms with Gasteiger partial charge in [-0.25, -0.2) is 4.79 Å². The predicted molar refractivity (Wildman–Crippen MR) is 53.0 cm³/mol. The maximum absolute atomic E-state index is 10.7. The second-order valence-corrected chi connectivity index (χ2v) is 3.89. The zero-order valence-electron chi connectivity index (χ0n) is 8.45. The molecule has 4 heteroatoms. The summed E-state index contributed by atoms with van der Waals surface area (Å²) in [5.41, 5.74) is 5.31. The summed E-state index contributed by atoms with van der Waals surface area (Å²) in [6.45, 7) is 0.943. The molecule has 0 aromatic carbocycles. The molecule has 0 radical (unpaired) electrons. The van der Waals surface area contributed by atoms with E-state index >= 15 is 0 Å². The molecule has 0 aromatic rings. The van der Waals surface area contributed by atoms with Crippen LogP contribution in [0.15, 0.2) is 0 Å². The predicted octanol–water partition coefficient (Wildman–Crippen LogP) is 0.995. The van der Waals surface area contributed by atoms with Crippen LogP contribution in [-0.4, -0.2) is 30.3 Å². The van der Waals surface area contributed by atoms with Gasteiger partial charge < -0.3 is 15.6 Å². The standard InChI is InChI=1S/C10H19NO3/c11-6-5-9(10(12)13)14-7-8-3-1-2-4-8/h8-9H,1-7,11H2,(H,12,13). The molecule has 1 aliphatic carbocycles. The van der Waals surface area contributed by atoms with E-state index in [2.05, 4.69) is 0 Å². The van der Waals surface area contributed by atoms with E-state index in [1.165, 1.54) is 25.7 Å². The van der Waals surface area contributed by atoms with Crippen molar-refractivity contribution in [3.05, 3.63) is 0 Å². The average Bonchev–Trinajstić information content (AvgIpc) is 2.64. The van der Waals surface area contributed by atoms with Gasteiger partial charge in [0.05, 0.1) is 6.61 Å². The van der Waals surface area contributed by atoms with Crippen LogP contribution in [0.1, 0.15) is 32.1 Å². The van der Waals surface area contributed by atoms with Crippen LogP contribution in [0.5, 0.6) is 0 Å². The lowest BCUT2D eigenvalue weighted by Gasteiger charge is -2.15. The molecule has 1 atom stereocenters. The van der Waals surface area contributed by atoms with Crippen molar-refractivity contribution >= 4 is 5.97 Å². The molecule has 14 heavy (non-hydrogen) atoms. The van der Waals surface area contributed by atoms with Gasteiger partial charge in [-0.1, -0.05) is 12.8 Å². The Morgan fingerprint density at radius 3 is 2.64 bits per heavy atom. The molecule has 1 aliphatic rings. The topological polar surface area (TPSA) is 72.5 Å². The first kappa shape index (κ1) is 11.5. The third-order valence-corrected chi connectivity index (χ3v) is 2.71. The minimum Gasteiger partial charge on any atom is -0.479 e. The van der Waals surface area contributed by atoms with Gasteiger partial charge in [-0.3, -0.25) is 0 Å². The fraction of sp³-hybridized carbons (Fsp3) is 0.900. The van der Waals surface area contributed by atoms with Gasteiger partial charge in [0.1, 0.15) is 0 Å². The van der Waals surface area contributed by atoms with Crippen LogP contribution in [0.4, 0.5) is 0 Å². The molecule has 1 fully saturated rings. The number of nitrogens with two attached hydrogens (primary N) is 1. The Bertz CT molecular complexity index is 178. The smallest absolute Gasteiger partial charge is 0.332 e. The number of hydrogen-bond acceptors (Lipinski definition) is 3. The van der Waals surface area contributed by atoms with Crippen molar-refractivity contribution in [2.45, 2.75) is 38.2 Å². The van der Waals surface area contributed by atoms with Gasteiger partial charge in [0.2, 0.25) is 0 Å². The summed E-state index contributed by atoms with van der Waals surface area (Å²) in [4.78, 5) is 10.7. The van der Waals surface area contributed by atoms with E-state index in [9.17, 15) is 4.79 Å². The molecule has 0 aliphatic heterocycles. The molecule has 4 nitrogen and oxygen atoms in total. The molecule has 1 rings (SSSR count). The number of carbonyl (C=O) groups is 1. The Kier molecular flexibility index (Phi) is 4.90. The van der Waals surface area contributed by atoms with Crippen molar-refractivity contribution in [1.82, 2.24) is 0 Å². The number of carboxylic acids is 1. The molecule has 0 amide bonds. The first-order chi connectivity index (χ1) is 6.74. The largest absolute Gasteiger partial charge is 0.479 e. The number of ether oxygens (including phenoxy) is 1. The highest BCUT2D eigenvalue weighted by molar-refractivity contribution is 5.72. The van der Waals surface area contributed by atoms with Gasteiger partial charge in [0.15, 0.2) is 6.10 Å². The van der Waals surface area contributed by atoms with E-state index < -0.39 is 12.1 Å². The minimum absolute atomic E-state index is 0.363. The van der Waals surface area contributed by atoms with Gasteiger partial charge in [-0.15, -0.1) is 0 Å². The summed E-state index contributed by atoms with van der Waals surface area (Å²) in [6, 6.07) is 0. The maximum Gasteiger partial charge on any atom is 0.332 e. The van der Waals surface area contributed by atoms with Crippen LogP contribution in [0.25, 0.3) is 0 Å². The van der Waals surface area contributed by atoms with Gasteiger partial charge >= 0.3 is 5.97 Å². The van der Waals surface area contributed by atoms with Crippen LogP contribution in [0.3, 0.4) is 0 Å². The Hall–Kier alpha value is -0.610. The quantitative estimate of drug-likeness (QED) is 0.672. The minimum atomic E-state index is -0.895. The number of hydrogen-bond donors (Lipinski definition) is 2. The summed E-state index contributed by atoms with van der Waals surface area (Å²) in [5.74, 6) is -0.330. The third-order valence-electron chi connectivity index (χ3n) is 2.71. The lowest BCUT2D eigenvalue weighted by atomic mass is 10.1. The molecule has 3 N–H and O–H groups in total. The fourth-order valence-corrected chi connectivity index (χ4v) is 1.86. The molecule has 0 spiro atoms. The zero-order valence-corrected chi connectivity index (χ0v) is 8.45.